The van der Waals surface area contributed by atoms with Gasteiger partial charge in [0.05, 0.1) is 0 Å². The minimum Gasteiger partial charge on any atom is -0.477 e. The third-order valence-electron chi connectivity index (χ3n) is 15.9. The van der Waals surface area contributed by atoms with E-state index in [2.05, 4.69) is 169 Å². The standard InChI is InChI=1S/C84H54N4O6S3/c85-52-67(82(89)90)46-55-16-22-61(23-17-55)76(58-10-4-1-5-11-58)49-73-40-43-79(95-73)64-28-34-70(35-29-64)88(71-36-30-65(31-37-71)80-44-41-74(96-80)50-77(59-12-6-2-7-13-59)62-24-18-56(19-25-62)47-68(53-86)83(91)92)72-38-32-66(33-39-72)81-45-42-75(97-81)51-78(60-14-8-3-9-15-60)63-26-20-57(21-27-63)48-69(54-87)84(93)94/h1-51H,(H,89,90)(H,91,92)(H,93,94)/b67-46+,68-47+,69-48+,76-49+,77-50+,78-51+. The Morgan fingerprint density at radius 1 is 0.289 bits per heavy atom. The number of thiophene rings is 3. The van der Waals surface area contributed by atoms with Crippen molar-refractivity contribution in [3.05, 3.63) is 354 Å². The summed E-state index contributed by atoms with van der Waals surface area (Å²) in [6, 6.07) is 96.7. The van der Waals surface area contributed by atoms with Gasteiger partial charge in [0, 0.05) is 46.3 Å². The fourth-order valence-corrected chi connectivity index (χ4v) is 13.9. The van der Waals surface area contributed by atoms with E-state index in [9.17, 15) is 45.5 Å². The molecule has 0 saturated heterocycles. The summed E-state index contributed by atoms with van der Waals surface area (Å²) >= 11 is 5.04. The van der Waals surface area contributed by atoms with Gasteiger partial charge in [-0.25, -0.2) is 14.4 Å². The maximum absolute atomic E-state index is 11.6. The highest BCUT2D eigenvalue weighted by molar-refractivity contribution is 7.17. The van der Waals surface area contributed by atoms with Gasteiger partial charge in [-0.05, 0) is 193 Å². The number of carboxylic acids is 3. The molecule has 3 aromatic heterocycles. The molecule has 3 N–H and O–H groups in total. The Balaban J connectivity index is 0.857. The van der Waals surface area contributed by atoms with Crippen LogP contribution in [0.2, 0.25) is 0 Å². The first-order valence-corrected chi connectivity index (χ1v) is 32.9. The lowest BCUT2D eigenvalue weighted by atomic mass is 9.96. The largest absolute Gasteiger partial charge is 0.477 e. The van der Waals surface area contributed by atoms with Gasteiger partial charge in [0.1, 0.15) is 34.9 Å². The summed E-state index contributed by atoms with van der Waals surface area (Å²) in [5.74, 6) is -3.82. The molecule has 3 heterocycles. The second kappa shape index (κ2) is 29.9. The fourth-order valence-electron chi connectivity index (χ4n) is 11.0. The van der Waals surface area contributed by atoms with Crippen molar-refractivity contribution in [3.8, 4) is 49.5 Å². The van der Waals surface area contributed by atoms with Gasteiger partial charge in [-0.1, -0.05) is 200 Å². The third kappa shape index (κ3) is 15.5. The van der Waals surface area contributed by atoms with Crippen molar-refractivity contribution in [2.75, 3.05) is 4.90 Å². The van der Waals surface area contributed by atoms with Crippen LogP contribution in [0.15, 0.2) is 290 Å². The number of rotatable bonds is 21. The Kier molecular flexibility index (Phi) is 19.8. The van der Waals surface area contributed by atoms with Crippen molar-refractivity contribution < 1.29 is 29.7 Å². The Hall–Kier alpha value is -12.8. The molecule has 0 aliphatic heterocycles. The minimum absolute atomic E-state index is 0.336. The maximum Gasteiger partial charge on any atom is 0.346 e. The van der Waals surface area contributed by atoms with E-state index in [1.165, 1.54) is 18.2 Å². The Bertz CT molecular complexity index is 4690. The minimum atomic E-state index is -1.27. The van der Waals surface area contributed by atoms with E-state index in [4.69, 9.17) is 0 Å². The van der Waals surface area contributed by atoms with E-state index >= 15 is 0 Å². The first kappa shape index (κ1) is 64.3. The van der Waals surface area contributed by atoms with E-state index in [1.54, 1.807) is 52.2 Å². The number of hydrogen-bond donors (Lipinski definition) is 3. The van der Waals surface area contributed by atoms with Crippen LogP contribution in [0, 0.1) is 34.0 Å². The average Bonchev–Trinajstić information content (AvgIpc) is 1.60. The molecule has 0 radical (unpaired) electrons. The van der Waals surface area contributed by atoms with E-state index in [1.807, 2.05) is 127 Å². The molecule has 0 spiro atoms. The molecular formula is C84H54N4O6S3. The zero-order valence-corrected chi connectivity index (χ0v) is 54.0. The quantitative estimate of drug-likeness (QED) is 0.0462. The van der Waals surface area contributed by atoms with Crippen molar-refractivity contribution in [3.63, 3.8) is 0 Å². The smallest absolute Gasteiger partial charge is 0.346 e. The lowest BCUT2D eigenvalue weighted by Gasteiger charge is -2.26. The summed E-state index contributed by atoms with van der Waals surface area (Å²) in [5, 5.41) is 56.4. The fraction of sp³-hybridized carbons (Fsp3) is 0. The van der Waals surface area contributed by atoms with E-state index in [0.717, 1.165) is 113 Å². The summed E-state index contributed by atoms with van der Waals surface area (Å²) in [6.45, 7) is 0. The molecule has 97 heavy (non-hydrogen) atoms. The average molecular weight is 1310 g/mol. The van der Waals surface area contributed by atoms with Crippen molar-refractivity contribution >= 4 is 122 Å². The first-order chi connectivity index (χ1) is 47.4. The molecule has 12 aromatic rings. The summed E-state index contributed by atoms with van der Waals surface area (Å²) in [6.07, 6.45) is 10.6. The van der Waals surface area contributed by atoms with Crippen LogP contribution in [0.1, 0.15) is 64.7 Å². The van der Waals surface area contributed by atoms with Crippen LogP contribution in [0.3, 0.4) is 0 Å². The van der Waals surface area contributed by atoms with E-state index < -0.39 is 17.9 Å². The molecule has 464 valence electrons. The van der Waals surface area contributed by atoms with Crippen molar-refractivity contribution in [1.82, 2.24) is 0 Å². The highest BCUT2D eigenvalue weighted by Crippen LogP contribution is 2.42. The summed E-state index contributed by atoms with van der Waals surface area (Å²) in [4.78, 5) is 43.3. The molecule has 0 unspecified atom stereocenters. The zero-order chi connectivity index (χ0) is 67.2. The number of benzene rings is 9. The Morgan fingerprint density at radius 2 is 0.526 bits per heavy atom. The van der Waals surface area contributed by atoms with Gasteiger partial charge in [-0.2, -0.15) is 15.8 Å². The number of carbonyl (C=O) groups is 3. The second-order valence-corrected chi connectivity index (χ2v) is 25.5. The van der Waals surface area contributed by atoms with Gasteiger partial charge in [0.15, 0.2) is 0 Å². The topological polar surface area (TPSA) is 187 Å². The highest BCUT2D eigenvalue weighted by atomic mass is 32.1. The molecule has 13 heteroatoms. The number of anilines is 3. The predicted molar refractivity (Wildman–Crippen MR) is 394 cm³/mol. The van der Waals surface area contributed by atoms with Crippen LogP contribution in [0.4, 0.5) is 17.1 Å². The molecule has 0 saturated carbocycles. The lowest BCUT2D eigenvalue weighted by Crippen LogP contribution is -2.09. The molecule has 0 aliphatic rings. The molecule has 0 fully saturated rings. The van der Waals surface area contributed by atoms with E-state index in [-0.39, 0.29) is 16.7 Å². The summed E-state index contributed by atoms with van der Waals surface area (Å²) in [5.41, 5.74) is 15.7. The predicted octanol–water partition coefficient (Wildman–Crippen LogP) is 21.1. The van der Waals surface area contributed by atoms with E-state index in [0.29, 0.717) is 16.7 Å². The molecule has 0 aliphatic carbocycles. The number of carboxylic acid groups (broad SMARTS) is 3. The van der Waals surface area contributed by atoms with Gasteiger partial charge in [0.2, 0.25) is 0 Å². The number of hydrogen-bond acceptors (Lipinski definition) is 10. The lowest BCUT2D eigenvalue weighted by molar-refractivity contribution is -0.133. The van der Waals surface area contributed by atoms with Gasteiger partial charge >= 0.3 is 17.9 Å². The van der Waals surface area contributed by atoms with Crippen LogP contribution in [-0.2, 0) is 14.4 Å². The number of nitrogens with zero attached hydrogens (tertiary/aromatic N) is 4. The summed E-state index contributed by atoms with van der Waals surface area (Å²) < 4.78 is 0. The van der Waals surface area contributed by atoms with Crippen LogP contribution < -0.4 is 4.90 Å². The monoisotopic (exact) mass is 1310 g/mol. The zero-order valence-electron chi connectivity index (χ0n) is 51.5. The van der Waals surface area contributed by atoms with Crippen LogP contribution >= 0.6 is 34.0 Å². The maximum atomic E-state index is 11.6. The molecular weight excluding hydrogens is 1260 g/mol. The molecule has 0 amide bonds. The second-order valence-electron chi connectivity index (χ2n) is 22.1. The van der Waals surface area contributed by atoms with Crippen LogP contribution in [0.5, 0.6) is 0 Å². The molecule has 9 aromatic carbocycles. The Morgan fingerprint density at radius 3 is 0.753 bits per heavy atom. The van der Waals surface area contributed by atoms with Crippen molar-refractivity contribution in [2.24, 2.45) is 0 Å². The third-order valence-corrected chi connectivity index (χ3v) is 19.1. The van der Waals surface area contributed by atoms with Gasteiger partial charge in [-0.3, -0.25) is 0 Å². The SMILES string of the molecule is N#C/C(=C\c1ccc(/C(=C/c2ccc(-c3ccc(N(c4ccc(-c5ccc(/C=C(\c6ccccc6)c6ccc(/C=C(\C#N)C(=O)O)cc6)s5)cc4)c4ccc(-c5ccc(/C=C(\c6ccccc6)c6ccc(/C=C(\C#N)C(=O)O)cc6)s5)cc4)cc3)s2)c2ccccc2)cc1)C(=O)O. The first-order valence-electron chi connectivity index (χ1n) is 30.5. The number of nitriles is 3. The number of aliphatic carboxylic acids is 3. The van der Waals surface area contributed by atoms with Crippen LogP contribution in [0.25, 0.3) is 84.5 Å². The van der Waals surface area contributed by atoms with Gasteiger partial charge in [0.25, 0.3) is 0 Å². The molecule has 12 rings (SSSR count). The van der Waals surface area contributed by atoms with Crippen molar-refractivity contribution in [1.29, 1.82) is 15.8 Å². The Labute approximate surface area is 572 Å². The van der Waals surface area contributed by atoms with Crippen LogP contribution in [-0.4, -0.2) is 33.2 Å². The molecule has 0 bridgehead atoms. The van der Waals surface area contributed by atoms with Gasteiger partial charge in [-0.15, -0.1) is 34.0 Å². The molecule has 10 nitrogen and oxygen atoms in total. The summed E-state index contributed by atoms with van der Waals surface area (Å²) in [7, 11) is 0. The highest BCUT2D eigenvalue weighted by Gasteiger charge is 2.18. The molecule has 0 atom stereocenters. The normalized spacial score (nSPS) is 12.1. The van der Waals surface area contributed by atoms with Crippen molar-refractivity contribution in [2.45, 2.75) is 0 Å². The van der Waals surface area contributed by atoms with Gasteiger partial charge < -0.3 is 20.2 Å².